The summed E-state index contributed by atoms with van der Waals surface area (Å²) in [6.07, 6.45) is 4.25. The van der Waals surface area contributed by atoms with Gasteiger partial charge in [0.05, 0.1) is 6.20 Å². The molecule has 1 aromatic heterocycles. The standard InChI is InChI=1S/C19H26FN3/c1-19(2,3)13-23-10-4-5-15(12-23)18-17(11-21-22-18)14-6-8-16(20)9-7-14/h6-9,11,15H,4-5,10,12-13H2,1-3H3,(H,21,22)/t15-/m1/s1. The number of nitrogens with zero attached hydrogens (tertiary/aromatic N) is 2. The van der Waals surface area contributed by atoms with Crippen LogP contribution in [0.1, 0.15) is 45.2 Å². The maximum atomic E-state index is 13.2. The molecule has 124 valence electrons. The number of aromatic nitrogens is 2. The Morgan fingerprint density at radius 1 is 1.26 bits per heavy atom. The molecule has 1 aliphatic rings. The number of halogens is 1. The summed E-state index contributed by atoms with van der Waals surface area (Å²) in [5.74, 6) is 0.265. The molecule has 0 spiro atoms. The van der Waals surface area contributed by atoms with Gasteiger partial charge in [-0.2, -0.15) is 5.10 Å². The van der Waals surface area contributed by atoms with Gasteiger partial charge in [0, 0.05) is 30.3 Å². The van der Waals surface area contributed by atoms with Crippen molar-refractivity contribution >= 4 is 0 Å². The van der Waals surface area contributed by atoms with Gasteiger partial charge in [0.2, 0.25) is 0 Å². The van der Waals surface area contributed by atoms with Crippen LogP contribution in [0.5, 0.6) is 0 Å². The van der Waals surface area contributed by atoms with E-state index < -0.39 is 0 Å². The van der Waals surface area contributed by atoms with Crippen LogP contribution in [0, 0.1) is 11.2 Å². The SMILES string of the molecule is CC(C)(C)CN1CCC[C@@H](c2[nH]ncc2-c2ccc(F)cc2)C1. The zero-order valence-electron chi connectivity index (χ0n) is 14.3. The van der Waals surface area contributed by atoms with Gasteiger partial charge in [0.1, 0.15) is 5.82 Å². The number of aromatic amines is 1. The molecule has 23 heavy (non-hydrogen) atoms. The van der Waals surface area contributed by atoms with Gasteiger partial charge in [-0.05, 0) is 42.5 Å². The Labute approximate surface area is 137 Å². The number of hydrogen-bond acceptors (Lipinski definition) is 2. The molecule has 1 atom stereocenters. The van der Waals surface area contributed by atoms with Crippen LogP contribution in [0.2, 0.25) is 0 Å². The summed E-state index contributed by atoms with van der Waals surface area (Å²) in [4.78, 5) is 2.56. The number of likely N-dealkylation sites (tertiary alicyclic amines) is 1. The molecule has 0 unspecified atom stereocenters. The lowest BCUT2D eigenvalue weighted by Crippen LogP contribution is -2.39. The largest absolute Gasteiger partial charge is 0.302 e. The Hall–Kier alpha value is -1.68. The third-order valence-electron chi connectivity index (χ3n) is 4.44. The molecule has 1 aromatic carbocycles. The fourth-order valence-corrected chi connectivity index (χ4v) is 3.57. The van der Waals surface area contributed by atoms with E-state index in [0.29, 0.717) is 11.3 Å². The summed E-state index contributed by atoms with van der Waals surface area (Å²) in [5, 5.41) is 7.46. The number of H-pyrrole nitrogens is 1. The third-order valence-corrected chi connectivity index (χ3v) is 4.44. The molecule has 0 radical (unpaired) electrons. The summed E-state index contributed by atoms with van der Waals surface area (Å²) in [6, 6.07) is 6.69. The second-order valence-electron chi connectivity index (χ2n) is 7.84. The maximum absolute atomic E-state index is 13.2. The number of rotatable bonds is 3. The van der Waals surface area contributed by atoms with Crippen molar-refractivity contribution in [3.8, 4) is 11.1 Å². The zero-order chi connectivity index (χ0) is 16.4. The van der Waals surface area contributed by atoms with Crippen molar-refractivity contribution in [2.75, 3.05) is 19.6 Å². The van der Waals surface area contributed by atoms with Crippen molar-refractivity contribution in [3.05, 3.63) is 42.0 Å². The normalized spacial score (nSPS) is 19.9. The van der Waals surface area contributed by atoms with Crippen LogP contribution in [0.25, 0.3) is 11.1 Å². The van der Waals surface area contributed by atoms with E-state index in [4.69, 9.17) is 0 Å². The first-order valence-corrected chi connectivity index (χ1v) is 8.44. The quantitative estimate of drug-likeness (QED) is 0.908. The van der Waals surface area contributed by atoms with Gasteiger partial charge >= 0.3 is 0 Å². The Balaban J connectivity index is 1.79. The topological polar surface area (TPSA) is 31.9 Å². The summed E-state index contributed by atoms with van der Waals surface area (Å²) in [5.41, 5.74) is 3.64. The van der Waals surface area contributed by atoms with E-state index in [9.17, 15) is 4.39 Å². The highest BCUT2D eigenvalue weighted by Gasteiger charge is 2.27. The summed E-state index contributed by atoms with van der Waals surface area (Å²) in [6.45, 7) is 10.2. The maximum Gasteiger partial charge on any atom is 0.123 e. The number of nitrogens with one attached hydrogen (secondary N) is 1. The number of piperidine rings is 1. The van der Waals surface area contributed by atoms with Gasteiger partial charge in [0.15, 0.2) is 0 Å². The number of benzene rings is 1. The molecule has 3 rings (SSSR count). The van der Waals surface area contributed by atoms with Gasteiger partial charge in [-0.15, -0.1) is 0 Å². The predicted octanol–water partition coefficient (Wildman–Crippen LogP) is 4.44. The Morgan fingerprint density at radius 3 is 2.70 bits per heavy atom. The molecule has 4 heteroatoms. The first-order valence-electron chi connectivity index (χ1n) is 8.44. The van der Waals surface area contributed by atoms with E-state index in [2.05, 4.69) is 35.9 Å². The molecule has 0 saturated carbocycles. The molecular formula is C19H26FN3. The minimum atomic E-state index is -0.201. The van der Waals surface area contributed by atoms with Gasteiger partial charge in [-0.25, -0.2) is 4.39 Å². The van der Waals surface area contributed by atoms with Gasteiger partial charge in [-0.3, -0.25) is 5.10 Å². The Bertz CT molecular complexity index is 639. The van der Waals surface area contributed by atoms with Crippen molar-refractivity contribution in [2.24, 2.45) is 5.41 Å². The highest BCUT2D eigenvalue weighted by molar-refractivity contribution is 5.65. The molecule has 2 aromatic rings. The van der Waals surface area contributed by atoms with E-state index in [0.717, 1.165) is 24.2 Å². The van der Waals surface area contributed by atoms with Gasteiger partial charge in [-0.1, -0.05) is 32.9 Å². The van der Waals surface area contributed by atoms with E-state index in [-0.39, 0.29) is 5.82 Å². The van der Waals surface area contributed by atoms with Gasteiger partial charge in [0.25, 0.3) is 0 Å². The molecule has 1 N–H and O–H groups in total. The molecule has 1 fully saturated rings. The van der Waals surface area contributed by atoms with Crippen molar-refractivity contribution in [2.45, 2.75) is 39.5 Å². The molecule has 2 heterocycles. The Kier molecular flexibility index (Phi) is 4.53. The minimum absolute atomic E-state index is 0.201. The average molecular weight is 315 g/mol. The van der Waals surface area contributed by atoms with Crippen molar-refractivity contribution in [1.29, 1.82) is 0 Å². The smallest absolute Gasteiger partial charge is 0.123 e. The second-order valence-corrected chi connectivity index (χ2v) is 7.84. The zero-order valence-corrected chi connectivity index (χ0v) is 14.3. The molecule has 0 bridgehead atoms. The van der Waals surface area contributed by atoms with Crippen LogP contribution in [0.3, 0.4) is 0 Å². The van der Waals surface area contributed by atoms with Crippen LogP contribution < -0.4 is 0 Å². The van der Waals surface area contributed by atoms with E-state index >= 15 is 0 Å². The summed E-state index contributed by atoms with van der Waals surface area (Å²) >= 11 is 0. The fourth-order valence-electron chi connectivity index (χ4n) is 3.57. The van der Waals surface area contributed by atoms with Crippen molar-refractivity contribution in [1.82, 2.24) is 15.1 Å². The van der Waals surface area contributed by atoms with Crippen LogP contribution in [-0.4, -0.2) is 34.7 Å². The number of hydrogen-bond donors (Lipinski definition) is 1. The molecule has 0 aliphatic carbocycles. The van der Waals surface area contributed by atoms with E-state index in [1.807, 2.05) is 18.3 Å². The fraction of sp³-hybridized carbons (Fsp3) is 0.526. The molecule has 1 aliphatic heterocycles. The Morgan fingerprint density at radius 2 is 2.00 bits per heavy atom. The lowest BCUT2D eigenvalue weighted by Gasteiger charge is -2.36. The predicted molar refractivity (Wildman–Crippen MR) is 91.9 cm³/mol. The van der Waals surface area contributed by atoms with Crippen LogP contribution in [0.15, 0.2) is 30.5 Å². The van der Waals surface area contributed by atoms with E-state index in [1.54, 1.807) is 0 Å². The highest BCUT2D eigenvalue weighted by Crippen LogP contribution is 2.33. The lowest BCUT2D eigenvalue weighted by molar-refractivity contribution is 0.150. The molecular weight excluding hydrogens is 289 g/mol. The monoisotopic (exact) mass is 315 g/mol. The molecule has 0 amide bonds. The first-order chi connectivity index (χ1) is 10.9. The van der Waals surface area contributed by atoms with Crippen molar-refractivity contribution in [3.63, 3.8) is 0 Å². The van der Waals surface area contributed by atoms with Crippen LogP contribution in [0.4, 0.5) is 4.39 Å². The van der Waals surface area contributed by atoms with Crippen LogP contribution >= 0.6 is 0 Å². The second kappa shape index (κ2) is 6.44. The highest BCUT2D eigenvalue weighted by atomic mass is 19.1. The van der Waals surface area contributed by atoms with Gasteiger partial charge < -0.3 is 4.90 Å². The third kappa shape index (κ3) is 3.99. The first kappa shape index (κ1) is 16.2. The van der Waals surface area contributed by atoms with E-state index in [1.165, 1.54) is 37.2 Å². The molecule has 1 saturated heterocycles. The lowest BCUT2D eigenvalue weighted by atomic mass is 9.88. The summed E-state index contributed by atoms with van der Waals surface area (Å²) in [7, 11) is 0. The van der Waals surface area contributed by atoms with Crippen LogP contribution in [-0.2, 0) is 0 Å². The van der Waals surface area contributed by atoms with Crippen molar-refractivity contribution < 1.29 is 4.39 Å². The minimum Gasteiger partial charge on any atom is -0.302 e. The summed E-state index contributed by atoms with van der Waals surface area (Å²) < 4.78 is 13.2. The molecule has 3 nitrogen and oxygen atoms in total. The average Bonchev–Trinajstić information content (AvgIpc) is 2.96.